The van der Waals surface area contributed by atoms with E-state index in [2.05, 4.69) is 0 Å². The molecule has 0 amide bonds. The Kier molecular flexibility index (Phi) is 6.15. The van der Waals surface area contributed by atoms with Crippen LogP contribution in [0.5, 0.6) is 17.2 Å². The van der Waals surface area contributed by atoms with Crippen LogP contribution in [-0.2, 0) is 20.7 Å². The van der Waals surface area contributed by atoms with Crippen LogP contribution < -0.4 is 19.8 Å². The molecule has 1 aliphatic rings. The van der Waals surface area contributed by atoms with E-state index >= 15 is 0 Å². The van der Waals surface area contributed by atoms with Crippen molar-refractivity contribution in [1.82, 2.24) is 0 Å². The maximum atomic E-state index is 12.6. The van der Waals surface area contributed by atoms with Crippen LogP contribution in [0.2, 0.25) is 0 Å². The van der Waals surface area contributed by atoms with Gasteiger partial charge in [-0.15, -0.1) is 0 Å². The Bertz CT molecular complexity index is 1350. The summed E-state index contributed by atoms with van der Waals surface area (Å²) in [6, 6.07) is 11.5. The van der Waals surface area contributed by atoms with Gasteiger partial charge in [-0.25, -0.2) is 9.59 Å². The standard InChI is InChI=1S/C26H24O8/c1-15(27)31-19-8-5-16(11-22(19)30-4)6-9-25(29)33-23-13-18-12-17-7-10-24(28)32-20(17)14-21(18)34-26(23,2)3/h5-12,14,23H,13H2,1-4H3. The maximum absolute atomic E-state index is 12.6. The van der Waals surface area contributed by atoms with Crippen molar-refractivity contribution in [3.05, 3.63) is 70.1 Å². The highest BCUT2D eigenvalue weighted by Crippen LogP contribution is 2.37. The molecule has 8 heteroatoms. The third-order valence-electron chi connectivity index (χ3n) is 5.47. The first-order chi connectivity index (χ1) is 16.1. The SMILES string of the molecule is COc1cc(C=CC(=O)OC2Cc3cc4ccc(=O)oc4cc3OC2(C)C)ccc1OC(C)=O. The molecule has 0 radical (unpaired) electrons. The molecule has 0 bridgehead atoms. The van der Waals surface area contributed by atoms with Crippen molar-refractivity contribution in [3.63, 3.8) is 0 Å². The van der Waals surface area contributed by atoms with Gasteiger partial charge in [0.25, 0.3) is 0 Å². The van der Waals surface area contributed by atoms with Gasteiger partial charge in [0, 0.05) is 36.9 Å². The molecule has 1 unspecified atom stereocenters. The number of hydrogen-bond donors (Lipinski definition) is 0. The van der Waals surface area contributed by atoms with Gasteiger partial charge in [-0.2, -0.15) is 0 Å². The van der Waals surface area contributed by atoms with Crippen molar-refractivity contribution in [3.8, 4) is 17.2 Å². The van der Waals surface area contributed by atoms with Gasteiger partial charge in [0.15, 0.2) is 11.5 Å². The number of esters is 2. The summed E-state index contributed by atoms with van der Waals surface area (Å²) < 4.78 is 27.4. The third-order valence-corrected chi connectivity index (χ3v) is 5.47. The summed E-state index contributed by atoms with van der Waals surface area (Å²) in [5.74, 6) is 0.268. The van der Waals surface area contributed by atoms with E-state index in [1.54, 1.807) is 36.4 Å². The van der Waals surface area contributed by atoms with Crippen LogP contribution in [-0.4, -0.2) is 30.8 Å². The Morgan fingerprint density at radius 2 is 1.88 bits per heavy atom. The minimum Gasteiger partial charge on any atom is -0.493 e. The number of carbonyl (C=O) groups is 2. The topological polar surface area (TPSA) is 101 Å². The summed E-state index contributed by atoms with van der Waals surface area (Å²) in [7, 11) is 1.46. The summed E-state index contributed by atoms with van der Waals surface area (Å²) in [4.78, 5) is 35.3. The summed E-state index contributed by atoms with van der Waals surface area (Å²) in [6.45, 7) is 4.97. The molecule has 0 aliphatic carbocycles. The molecule has 0 N–H and O–H groups in total. The van der Waals surface area contributed by atoms with Crippen LogP contribution in [0.15, 0.2) is 57.8 Å². The summed E-state index contributed by atoms with van der Waals surface area (Å²) >= 11 is 0. The molecule has 3 aromatic rings. The Hall–Kier alpha value is -4.07. The molecule has 4 rings (SSSR count). The van der Waals surface area contributed by atoms with E-state index in [9.17, 15) is 14.4 Å². The lowest BCUT2D eigenvalue weighted by atomic mass is 9.90. The van der Waals surface area contributed by atoms with Crippen molar-refractivity contribution >= 4 is 29.0 Å². The zero-order chi connectivity index (χ0) is 24.5. The Balaban J connectivity index is 1.50. The van der Waals surface area contributed by atoms with Crippen LogP contribution in [0.1, 0.15) is 31.9 Å². The first kappa shape index (κ1) is 23.1. The fourth-order valence-electron chi connectivity index (χ4n) is 3.75. The van der Waals surface area contributed by atoms with Crippen molar-refractivity contribution in [1.29, 1.82) is 0 Å². The fraction of sp³-hybridized carbons (Fsp3) is 0.269. The first-order valence-corrected chi connectivity index (χ1v) is 10.7. The van der Waals surface area contributed by atoms with Crippen LogP contribution >= 0.6 is 0 Å². The number of hydrogen-bond acceptors (Lipinski definition) is 8. The number of fused-ring (bicyclic) bond motifs is 2. The second-order valence-corrected chi connectivity index (χ2v) is 8.42. The molecule has 1 aromatic heterocycles. The van der Waals surface area contributed by atoms with Gasteiger partial charge in [0.2, 0.25) is 0 Å². The zero-order valence-electron chi connectivity index (χ0n) is 19.2. The van der Waals surface area contributed by atoms with E-state index in [0.717, 1.165) is 10.9 Å². The minimum absolute atomic E-state index is 0.293. The Labute approximate surface area is 195 Å². The number of ether oxygens (including phenoxy) is 4. The van der Waals surface area contributed by atoms with Gasteiger partial charge in [-0.3, -0.25) is 4.79 Å². The van der Waals surface area contributed by atoms with Crippen LogP contribution in [0, 0.1) is 0 Å². The first-order valence-electron chi connectivity index (χ1n) is 10.7. The van der Waals surface area contributed by atoms with Crippen molar-refractivity contribution in [2.45, 2.75) is 38.9 Å². The van der Waals surface area contributed by atoms with Crippen LogP contribution in [0.4, 0.5) is 0 Å². The molecule has 0 saturated heterocycles. The van der Waals surface area contributed by atoms with Crippen LogP contribution in [0.3, 0.4) is 0 Å². The highest BCUT2D eigenvalue weighted by atomic mass is 16.6. The van der Waals surface area contributed by atoms with Crippen molar-refractivity contribution in [2.24, 2.45) is 0 Å². The predicted octanol–water partition coefficient (Wildman–Crippen LogP) is 4.07. The molecular formula is C26H24O8. The largest absolute Gasteiger partial charge is 0.493 e. The monoisotopic (exact) mass is 464 g/mol. The second kappa shape index (κ2) is 9.05. The summed E-state index contributed by atoms with van der Waals surface area (Å²) in [5, 5.41) is 0.762. The van der Waals surface area contributed by atoms with E-state index in [1.807, 2.05) is 19.9 Å². The average molecular weight is 464 g/mol. The van der Waals surface area contributed by atoms with Gasteiger partial charge in [-0.1, -0.05) is 6.07 Å². The highest BCUT2D eigenvalue weighted by molar-refractivity contribution is 5.87. The number of methoxy groups -OCH3 is 1. The lowest BCUT2D eigenvalue weighted by Crippen LogP contribution is -2.48. The third kappa shape index (κ3) is 4.96. The van der Waals surface area contributed by atoms with Gasteiger partial charge >= 0.3 is 17.6 Å². The van der Waals surface area contributed by atoms with Gasteiger partial charge in [0.05, 0.1) is 7.11 Å². The minimum atomic E-state index is -0.797. The van der Waals surface area contributed by atoms with E-state index < -0.39 is 29.3 Å². The Morgan fingerprint density at radius 1 is 1.09 bits per heavy atom. The maximum Gasteiger partial charge on any atom is 0.336 e. The fourth-order valence-corrected chi connectivity index (χ4v) is 3.75. The molecule has 0 fully saturated rings. The molecule has 1 aliphatic heterocycles. The number of benzene rings is 2. The van der Waals surface area contributed by atoms with Crippen LogP contribution in [0.25, 0.3) is 17.0 Å². The second-order valence-electron chi connectivity index (χ2n) is 8.42. The molecule has 2 aromatic carbocycles. The quantitative estimate of drug-likeness (QED) is 0.241. The molecule has 176 valence electrons. The molecule has 1 atom stereocenters. The lowest BCUT2D eigenvalue weighted by molar-refractivity contribution is -0.155. The van der Waals surface area contributed by atoms with E-state index in [4.69, 9.17) is 23.4 Å². The lowest BCUT2D eigenvalue weighted by Gasteiger charge is -2.39. The Morgan fingerprint density at radius 3 is 2.62 bits per heavy atom. The van der Waals surface area contributed by atoms with E-state index in [1.165, 1.54) is 26.2 Å². The number of rotatable bonds is 5. The summed E-state index contributed by atoms with van der Waals surface area (Å²) in [5.41, 5.74) is 0.736. The van der Waals surface area contributed by atoms with Gasteiger partial charge < -0.3 is 23.4 Å². The molecular weight excluding hydrogens is 440 g/mol. The number of carbonyl (C=O) groups excluding carboxylic acids is 2. The highest BCUT2D eigenvalue weighted by Gasteiger charge is 2.39. The van der Waals surface area contributed by atoms with Crippen molar-refractivity contribution < 1.29 is 33.0 Å². The predicted molar refractivity (Wildman–Crippen MR) is 124 cm³/mol. The average Bonchev–Trinajstić information content (AvgIpc) is 2.77. The molecule has 2 heterocycles. The zero-order valence-corrected chi connectivity index (χ0v) is 19.2. The van der Waals surface area contributed by atoms with Gasteiger partial charge in [0.1, 0.15) is 23.0 Å². The summed E-state index contributed by atoms with van der Waals surface area (Å²) in [6.07, 6.45) is 2.82. The molecule has 34 heavy (non-hydrogen) atoms. The van der Waals surface area contributed by atoms with Crippen molar-refractivity contribution in [2.75, 3.05) is 7.11 Å². The van der Waals surface area contributed by atoms with E-state index in [-0.39, 0.29) is 0 Å². The molecule has 0 saturated carbocycles. The molecule has 8 nitrogen and oxygen atoms in total. The normalized spacial score (nSPS) is 16.5. The smallest absolute Gasteiger partial charge is 0.336 e. The molecule has 0 spiro atoms. The van der Waals surface area contributed by atoms with E-state index in [0.29, 0.717) is 34.8 Å². The van der Waals surface area contributed by atoms with Gasteiger partial charge in [-0.05, 0) is 55.3 Å².